The van der Waals surface area contributed by atoms with E-state index in [-0.39, 0.29) is 38.2 Å². The zero-order valence-electron chi connectivity index (χ0n) is 23.2. The average molecular weight is 553 g/mol. The summed E-state index contributed by atoms with van der Waals surface area (Å²) in [6, 6.07) is 5.51. The summed E-state index contributed by atoms with van der Waals surface area (Å²) < 4.78 is 0. The van der Waals surface area contributed by atoms with Crippen LogP contribution in [0.3, 0.4) is 0 Å². The van der Waals surface area contributed by atoms with Crippen LogP contribution in [-0.2, 0) is 11.3 Å². The van der Waals surface area contributed by atoms with E-state index in [1.165, 1.54) is 15.4 Å². The molecule has 1 aromatic carbocycles. The maximum Gasteiger partial charge on any atom is 0.328 e. The van der Waals surface area contributed by atoms with Crippen molar-refractivity contribution in [3.8, 4) is 12.3 Å². The van der Waals surface area contributed by atoms with Gasteiger partial charge < -0.3 is 37.0 Å². The number of amides is 5. The number of hydrogen-bond donors (Lipinski definition) is 5. The summed E-state index contributed by atoms with van der Waals surface area (Å²) in [5.41, 5.74) is 12.0. The normalized spacial score (nSPS) is 23.8. The zero-order chi connectivity index (χ0) is 29.1. The van der Waals surface area contributed by atoms with Crippen molar-refractivity contribution >= 4 is 23.7 Å². The third-order valence-corrected chi connectivity index (χ3v) is 7.88. The topological polar surface area (TPSA) is 160 Å². The van der Waals surface area contributed by atoms with Crippen molar-refractivity contribution < 1.29 is 19.5 Å². The summed E-state index contributed by atoms with van der Waals surface area (Å²) in [6.45, 7) is 6.85. The standard InChI is InChI=1S/C28H40N8O4/c1-4-28(30,19-37)24(38)34-13-15-35(16-14-34)25(39)31-27(3)9-12-36(26(40)32-27)23-6-5-21(20(2)17-23)18-33-10-7-22(29)8-11-33/h1,5-6,9,12,17,22,37H,7-8,10-11,13-16,18-19,29-30H2,2-3H3,(H,31,39)(H,32,40). The van der Waals surface area contributed by atoms with E-state index < -0.39 is 23.7 Å². The minimum absolute atomic E-state index is 0.222. The lowest BCUT2D eigenvalue weighted by Gasteiger charge is -2.40. The first-order valence-corrected chi connectivity index (χ1v) is 13.6. The highest BCUT2D eigenvalue weighted by molar-refractivity contribution is 5.96. The van der Waals surface area contributed by atoms with Gasteiger partial charge in [-0.15, -0.1) is 6.42 Å². The van der Waals surface area contributed by atoms with Crippen molar-refractivity contribution in [2.75, 3.05) is 50.8 Å². The van der Waals surface area contributed by atoms with Crippen molar-refractivity contribution in [3.63, 3.8) is 0 Å². The lowest BCUT2D eigenvalue weighted by atomic mass is 10.0. The molecule has 0 saturated carbocycles. The van der Waals surface area contributed by atoms with E-state index >= 15 is 0 Å². The number of carbonyl (C=O) groups is 3. The molecule has 40 heavy (non-hydrogen) atoms. The predicted molar refractivity (Wildman–Crippen MR) is 152 cm³/mol. The second-order valence-corrected chi connectivity index (χ2v) is 11.0. The van der Waals surface area contributed by atoms with Gasteiger partial charge in [0.15, 0.2) is 5.54 Å². The molecule has 0 aliphatic carbocycles. The lowest BCUT2D eigenvalue weighted by molar-refractivity contribution is -0.137. The Hall–Kier alpha value is -3.63. The van der Waals surface area contributed by atoms with Gasteiger partial charge in [-0.25, -0.2) is 9.59 Å². The number of benzene rings is 1. The van der Waals surface area contributed by atoms with Gasteiger partial charge in [0.2, 0.25) is 0 Å². The number of aryl methyl sites for hydroxylation is 1. The Morgan fingerprint density at radius 3 is 2.42 bits per heavy atom. The van der Waals surface area contributed by atoms with Crippen molar-refractivity contribution in [3.05, 3.63) is 41.6 Å². The monoisotopic (exact) mass is 552 g/mol. The van der Waals surface area contributed by atoms with Gasteiger partial charge in [0.25, 0.3) is 5.91 Å². The van der Waals surface area contributed by atoms with Gasteiger partial charge in [0.05, 0.1) is 12.3 Å². The van der Waals surface area contributed by atoms with Crippen LogP contribution < -0.4 is 27.0 Å². The third-order valence-electron chi connectivity index (χ3n) is 7.88. The van der Waals surface area contributed by atoms with Crippen LogP contribution in [0.25, 0.3) is 0 Å². The predicted octanol–water partition coefficient (Wildman–Crippen LogP) is -0.146. The number of nitrogens with two attached hydrogens (primary N) is 2. The number of nitrogens with zero attached hydrogens (tertiary/aromatic N) is 4. The molecular weight excluding hydrogens is 512 g/mol. The highest BCUT2D eigenvalue weighted by Crippen LogP contribution is 2.25. The number of anilines is 1. The van der Waals surface area contributed by atoms with Crippen LogP contribution in [-0.4, -0.2) is 101 Å². The number of urea groups is 2. The smallest absolute Gasteiger partial charge is 0.328 e. The Morgan fingerprint density at radius 1 is 1.20 bits per heavy atom. The summed E-state index contributed by atoms with van der Waals surface area (Å²) in [4.78, 5) is 45.5. The Morgan fingerprint density at radius 2 is 1.85 bits per heavy atom. The number of carbonyl (C=O) groups excluding carboxylic acids is 3. The van der Waals surface area contributed by atoms with Crippen molar-refractivity contribution in [2.24, 2.45) is 11.5 Å². The van der Waals surface area contributed by atoms with Crippen LogP contribution in [0.1, 0.15) is 30.9 Å². The van der Waals surface area contributed by atoms with Crippen LogP contribution in [0.15, 0.2) is 30.5 Å². The Bertz CT molecular complexity index is 1200. The molecule has 3 heterocycles. The van der Waals surface area contributed by atoms with E-state index in [4.69, 9.17) is 17.9 Å². The zero-order valence-corrected chi connectivity index (χ0v) is 23.2. The first-order chi connectivity index (χ1) is 19.0. The molecule has 1 aromatic rings. The Labute approximate surface area is 235 Å². The minimum atomic E-state index is -1.78. The van der Waals surface area contributed by atoms with E-state index in [1.54, 1.807) is 24.1 Å². The molecule has 3 aliphatic rings. The Kier molecular flexibility index (Phi) is 8.70. The average Bonchev–Trinajstić information content (AvgIpc) is 2.94. The fraction of sp³-hybridized carbons (Fsp3) is 0.536. The number of piperazine rings is 1. The van der Waals surface area contributed by atoms with Gasteiger partial charge in [-0.05, 0) is 69.1 Å². The molecule has 4 rings (SSSR count). The molecule has 216 valence electrons. The SMILES string of the molecule is C#CC(N)(CO)C(=O)N1CCN(C(=O)NC2(C)C=CN(c3ccc(CN4CCC(N)CC4)c(C)c3)C(=O)N2)CC1. The summed E-state index contributed by atoms with van der Waals surface area (Å²) in [5.74, 6) is 1.60. The molecule has 2 fully saturated rings. The van der Waals surface area contributed by atoms with Crippen LogP contribution in [0.2, 0.25) is 0 Å². The molecule has 3 aliphatic heterocycles. The molecule has 0 spiro atoms. The van der Waals surface area contributed by atoms with Gasteiger partial charge in [-0.2, -0.15) is 0 Å². The number of hydrogen-bond acceptors (Lipinski definition) is 7. The molecule has 0 bridgehead atoms. The van der Waals surface area contributed by atoms with Crippen molar-refractivity contribution in [2.45, 2.75) is 50.5 Å². The third kappa shape index (κ3) is 6.39. The van der Waals surface area contributed by atoms with E-state index in [9.17, 15) is 19.5 Å². The first kappa shape index (κ1) is 29.4. The molecular formula is C28H40N8O4. The number of piperidine rings is 1. The molecule has 2 atom stereocenters. The fourth-order valence-corrected chi connectivity index (χ4v) is 5.12. The van der Waals surface area contributed by atoms with E-state index in [0.29, 0.717) is 6.04 Å². The molecule has 5 amide bonds. The largest absolute Gasteiger partial charge is 0.393 e. The van der Waals surface area contributed by atoms with Gasteiger partial charge in [0, 0.05) is 45.0 Å². The summed E-state index contributed by atoms with van der Waals surface area (Å²) in [7, 11) is 0. The van der Waals surface area contributed by atoms with Crippen molar-refractivity contribution in [1.29, 1.82) is 0 Å². The minimum Gasteiger partial charge on any atom is -0.393 e. The van der Waals surface area contributed by atoms with Crippen LogP contribution in [0.4, 0.5) is 15.3 Å². The number of nitrogens with one attached hydrogen (secondary N) is 2. The van der Waals surface area contributed by atoms with E-state index in [2.05, 4.69) is 27.5 Å². The number of aliphatic hydroxyl groups excluding tert-OH is 1. The van der Waals surface area contributed by atoms with Crippen molar-refractivity contribution in [1.82, 2.24) is 25.3 Å². The summed E-state index contributed by atoms with van der Waals surface area (Å²) in [6.07, 6.45) is 10.7. The van der Waals surface area contributed by atoms with Crippen LogP contribution in [0, 0.1) is 19.3 Å². The highest BCUT2D eigenvalue weighted by atomic mass is 16.3. The summed E-state index contributed by atoms with van der Waals surface area (Å²) >= 11 is 0. The van der Waals surface area contributed by atoms with Crippen LogP contribution >= 0.6 is 0 Å². The Balaban J connectivity index is 1.33. The number of terminal acetylenes is 1. The molecule has 12 nitrogen and oxygen atoms in total. The maximum atomic E-state index is 13.1. The quantitative estimate of drug-likeness (QED) is 0.307. The number of likely N-dealkylation sites (tertiary alicyclic amines) is 1. The molecule has 12 heteroatoms. The molecule has 2 unspecified atom stereocenters. The second-order valence-electron chi connectivity index (χ2n) is 11.0. The van der Waals surface area contributed by atoms with Gasteiger partial charge >= 0.3 is 12.1 Å². The summed E-state index contributed by atoms with van der Waals surface area (Å²) in [5, 5.41) is 15.1. The highest BCUT2D eigenvalue weighted by Gasteiger charge is 2.38. The maximum absolute atomic E-state index is 13.1. The number of rotatable bonds is 6. The first-order valence-electron chi connectivity index (χ1n) is 13.6. The van der Waals surface area contributed by atoms with E-state index in [1.807, 2.05) is 19.1 Å². The van der Waals surface area contributed by atoms with Gasteiger partial charge in [-0.1, -0.05) is 12.0 Å². The molecule has 7 N–H and O–H groups in total. The number of aliphatic hydroxyl groups is 1. The molecule has 0 aromatic heterocycles. The van der Waals surface area contributed by atoms with Gasteiger partial charge in [0.1, 0.15) is 5.66 Å². The lowest BCUT2D eigenvalue weighted by Crippen LogP contribution is -2.66. The second kappa shape index (κ2) is 11.9. The molecule has 2 saturated heterocycles. The fourth-order valence-electron chi connectivity index (χ4n) is 5.12. The molecule has 0 radical (unpaired) electrons. The van der Waals surface area contributed by atoms with Gasteiger partial charge in [-0.3, -0.25) is 14.6 Å². The van der Waals surface area contributed by atoms with E-state index in [0.717, 1.165) is 43.7 Å². The van der Waals surface area contributed by atoms with Crippen LogP contribution in [0.5, 0.6) is 0 Å².